The molecule has 2 fully saturated rings. The van der Waals surface area contributed by atoms with Crippen molar-refractivity contribution >= 4 is 0 Å². The van der Waals surface area contributed by atoms with Gasteiger partial charge in [0.1, 0.15) is 42.5 Å². The van der Waals surface area contributed by atoms with Crippen LogP contribution in [0.3, 0.4) is 0 Å². The minimum Gasteiger partial charge on any atom is -0.508 e. The first-order valence-corrected chi connectivity index (χ1v) is 5.74. The number of rotatable bonds is 3. The second-order valence-electron chi connectivity index (χ2n) is 4.43. The Kier molecular flexibility index (Phi) is 2.87. The van der Waals surface area contributed by atoms with Gasteiger partial charge in [0, 0.05) is 0 Å². The van der Waals surface area contributed by atoms with E-state index >= 15 is 0 Å². The van der Waals surface area contributed by atoms with Crippen LogP contribution < -0.4 is 4.74 Å². The molecule has 2 heterocycles. The summed E-state index contributed by atoms with van der Waals surface area (Å²) in [6.45, 7) is 0.107. The van der Waals surface area contributed by atoms with Gasteiger partial charge in [0.05, 0.1) is 0 Å². The number of phenolic OH excluding ortho intramolecular Hbond substituents is 1. The van der Waals surface area contributed by atoms with Gasteiger partial charge in [-0.3, -0.25) is 0 Å². The van der Waals surface area contributed by atoms with Crippen molar-refractivity contribution in [3.8, 4) is 11.5 Å². The van der Waals surface area contributed by atoms with E-state index in [1.165, 1.54) is 12.1 Å². The van der Waals surface area contributed by atoms with Gasteiger partial charge in [-0.25, -0.2) is 0 Å². The van der Waals surface area contributed by atoms with Crippen molar-refractivity contribution < 1.29 is 29.5 Å². The molecule has 0 amide bonds. The number of aromatic hydroxyl groups is 1. The lowest BCUT2D eigenvalue weighted by molar-refractivity contribution is -0.141. The molecule has 0 aromatic heterocycles. The fraction of sp³-hybridized carbons (Fsp3) is 0.500. The maximum atomic E-state index is 9.78. The van der Waals surface area contributed by atoms with Gasteiger partial charge >= 0.3 is 0 Å². The van der Waals surface area contributed by atoms with Gasteiger partial charge in [0.25, 0.3) is 0 Å². The van der Waals surface area contributed by atoms with E-state index in [2.05, 4.69) is 0 Å². The molecule has 6 nitrogen and oxygen atoms in total. The minimum atomic E-state index is -1.02. The zero-order valence-corrected chi connectivity index (χ0v) is 9.47. The van der Waals surface area contributed by atoms with E-state index in [0.29, 0.717) is 5.75 Å². The molecule has 3 rings (SSSR count). The number of hydrogen-bond donors (Lipinski definition) is 3. The molecular weight excluding hydrogens is 240 g/mol. The van der Waals surface area contributed by atoms with Gasteiger partial charge in [0.15, 0.2) is 6.29 Å². The second kappa shape index (κ2) is 4.40. The Hall–Kier alpha value is -1.34. The van der Waals surface area contributed by atoms with Gasteiger partial charge in [-0.05, 0) is 24.3 Å². The first-order valence-electron chi connectivity index (χ1n) is 5.74. The van der Waals surface area contributed by atoms with Crippen molar-refractivity contribution in [3.05, 3.63) is 24.3 Å². The molecule has 0 aliphatic carbocycles. The zero-order chi connectivity index (χ0) is 12.7. The Bertz CT molecular complexity index is 419. The molecule has 98 valence electrons. The quantitative estimate of drug-likeness (QED) is 0.637. The molecule has 0 bridgehead atoms. The van der Waals surface area contributed by atoms with E-state index in [-0.39, 0.29) is 12.4 Å². The Morgan fingerprint density at radius 2 is 1.78 bits per heavy atom. The van der Waals surface area contributed by atoms with Crippen molar-refractivity contribution in [1.82, 2.24) is 0 Å². The summed E-state index contributed by atoms with van der Waals surface area (Å²) in [5.41, 5.74) is 0. The highest BCUT2D eigenvalue weighted by Gasteiger charge is 2.56. The maximum absolute atomic E-state index is 9.78. The Labute approximate surface area is 103 Å². The Morgan fingerprint density at radius 1 is 1.06 bits per heavy atom. The van der Waals surface area contributed by atoms with Crippen LogP contribution in [0.2, 0.25) is 0 Å². The number of fused-ring (bicyclic) bond motifs is 1. The van der Waals surface area contributed by atoms with Crippen LogP contribution in [0.15, 0.2) is 24.3 Å². The molecule has 3 N–H and O–H groups in total. The smallest absolute Gasteiger partial charge is 0.187 e. The monoisotopic (exact) mass is 254 g/mol. The number of aliphatic hydroxyl groups excluding tert-OH is 2. The molecule has 5 unspecified atom stereocenters. The lowest BCUT2D eigenvalue weighted by atomic mass is 10.0. The summed E-state index contributed by atoms with van der Waals surface area (Å²) in [7, 11) is 0. The predicted molar refractivity (Wildman–Crippen MR) is 59.1 cm³/mol. The van der Waals surface area contributed by atoms with E-state index in [9.17, 15) is 10.2 Å². The van der Waals surface area contributed by atoms with Crippen LogP contribution in [0.4, 0.5) is 0 Å². The number of benzene rings is 1. The molecule has 1 aromatic rings. The summed E-state index contributed by atoms with van der Waals surface area (Å²) in [6, 6.07) is 6.22. The van der Waals surface area contributed by atoms with E-state index in [1.807, 2.05) is 0 Å². The second-order valence-corrected chi connectivity index (χ2v) is 4.43. The van der Waals surface area contributed by atoms with Crippen molar-refractivity contribution in [1.29, 1.82) is 0 Å². The fourth-order valence-electron chi connectivity index (χ4n) is 1.99. The number of hydrogen-bond acceptors (Lipinski definition) is 6. The molecule has 0 spiro atoms. The summed E-state index contributed by atoms with van der Waals surface area (Å²) in [6.07, 6.45) is -3.43. The molecule has 1 aromatic carbocycles. The third-order valence-corrected chi connectivity index (χ3v) is 3.11. The van der Waals surface area contributed by atoms with E-state index in [4.69, 9.17) is 19.3 Å². The van der Waals surface area contributed by atoms with Crippen molar-refractivity contribution in [2.24, 2.45) is 0 Å². The molecule has 2 aliphatic rings. The minimum absolute atomic E-state index is 0.107. The van der Waals surface area contributed by atoms with Crippen LogP contribution in [-0.4, -0.2) is 52.6 Å². The highest BCUT2D eigenvalue weighted by molar-refractivity contribution is 5.30. The highest BCUT2D eigenvalue weighted by Crippen LogP contribution is 2.35. The topological polar surface area (TPSA) is 91.7 Å². The molecule has 0 saturated carbocycles. The van der Waals surface area contributed by atoms with E-state index in [1.54, 1.807) is 12.1 Å². The molecule has 5 atom stereocenters. The SMILES string of the molecule is Oc1ccc(OCC2OC3OC3C(O)C2O)cc1. The van der Waals surface area contributed by atoms with Crippen molar-refractivity contribution in [2.45, 2.75) is 30.7 Å². The van der Waals surface area contributed by atoms with Crippen LogP contribution in [0.1, 0.15) is 0 Å². The third-order valence-electron chi connectivity index (χ3n) is 3.11. The van der Waals surface area contributed by atoms with Gasteiger partial charge in [-0.2, -0.15) is 0 Å². The first kappa shape index (κ1) is 11.7. The largest absolute Gasteiger partial charge is 0.508 e. The third kappa shape index (κ3) is 2.15. The summed E-state index contributed by atoms with van der Waals surface area (Å²) >= 11 is 0. The fourth-order valence-corrected chi connectivity index (χ4v) is 1.99. The number of epoxide rings is 1. The average Bonchev–Trinajstić information content (AvgIpc) is 3.13. The lowest BCUT2D eigenvalue weighted by Gasteiger charge is -2.28. The highest BCUT2D eigenvalue weighted by atomic mass is 16.8. The number of phenols is 1. The molecular formula is C12H14O6. The summed E-state index contributed by atoms with van der Waals surface area (Å²) < 4.78 is 15.8. The standard InChI is InChI=1S/C12H14O6/c13-6-1-3-7(4-2-6)16-5-8-9(14)10(15)11-12(17-8)18-11/h1-4,8-15H,5H2. The predicted octanol–water partition coefficient (Wildman–Crippen LogP) is -0.384. The molecule has 2 aliphatic heterocycles. The van der Waals surface area contributed by atoms with Crippen LogP contribution in [-0.2, 0) is 9.47 Å². The van der Waals surface area contributed by atoms with Crippen LogP contribution in [0.5, 0.6) is 11.5 Å². The summed E-state index contributed by atoms with van der Waals surface area (Å²) in [4.78, 5) is 0. The molecule has 18 heavy (non-hydrogen) atoms. The van der Waals surface area contributed by atoms with Crippen LogP contribution >= 0.6 is 0 Å². The molecule has 6 heteroatoms. The Balaban J connectivity index is 1.58. The van der Waals surface area contributed by atoms with Crippen molar-refractivity contribution in [2.75, 3.05) is 6.61 Å². The Morgan fingerprint density at radius 3 is 2.50 bits per heavy atom. The van der Waals surface area contributed by atoms with Crippen LogP contribution in [0.25, 0.3) is 0 Å². The zero-order valence-electron chi connectivity index (χ0n) is 9.47. The van der Waals surface area contributed by atoms with Crippen molar-refractivity contribution in [3.63, 3.8) is 0 Å². The van der Waals surface area contributed by atoms with Gasteiger partial charge in [-0.15, -0.1) is 0 Å². The van der Waals surface area contributed by atoms with E-state index in [0.717, 1.165) is 0 Å². The summed E-state index contributed by atoms with van der Waals surface area (Å²) in [5.74, 6) is 0.706. The first-order chi connectivity index (χ1) is 8.65. The lowest BCUT2D eigenvalue weighted by Crippen LogP contribution is -2.49. The number of ether oxygens (including phenoxy) is 3. The van der Waals surface area contributed by atoms with Gasteiger partial charge in [0.2, 0.25) is 0 Å². The van der Waals surface area contributed by atoms with Gasteiger partial charge < -0.3 is 29.5 Å². The maximum Gasteiger partial charge on any atom is 0.187 e. The number of aliphatic hydroxyl groups is 2. The van der Waals surface area contributed by atoms with Crippen LogP contribution in [0, 0.1) is 0 Å². The van der Waals surface area contributed by atoms with Gasteiger partial charge in [-0.1, -0.05) is 0 Å². The molecule has 0 radical (unpaired) electrons. The molecule has 2 saturated heterocycles. The average molecular weight is 254 g/mol. The van der Waals surface area contributed by atoms with E-state index < -0.39 is 30.7 Å². The normalized spacial score (nSPS) is 38.0. The summed E-state index contributed by atoms with van der Waals surface area (Å²) in [5, 5.41) is 28.6.